The normalized spacial score (nSPS) is 31.8. The van der Waals surface area contributed by atoms with E-state index in [2.05, 4.69) is 10.1 Å². The highest BCUT2D eigenvalue weighted by Gasteiger charge is 2.64. The Kier molecular flexibility index (Phi) is 7.82. The van der Waals surface area contributed by atoms with Crippen molar-refractivity contribution in [1.29, 1.82) is 0 Å². The van der Waals surface area contributed by atoms with Gasteiger partial charge >= 0.3 is 19.8 Å². The Hall–Kier alpha value is -2.02. The summed E-state index contributed by atoms with van der Waals surface area (Å²) in [6.45, 7) is 1.42. The molecule has 1 aromatic rings. The summed E-state index contributed by atoms with van der Waals surface area (Å²) in [4.78, 5) is 27.7. The summed E-state index contributed by atoms with van der Waals surface area (Å²) in [5, 5.41) is 23.3. The van der Waals surface area contributed by atoms with Gasteiger partial charge in [-0.2, -0.15) is 4.98 Å². The lowest BCUT2D eigenvalue weighted by atomic mass is 9.95. The Morgan fingerprint density at radius 2 is 2.15 bits per heavy atom. The zero-order valence-electron chi connectivity index (χ0n) is 18.3. The number of esters is 1. The van der Waals surface area contributed by atoms with Gasteiger partial charge in [-0.1, -0.05) is 11.5 Å². The largest absolute Gasteiger partial charge is 0.614 e. The number of nitrogens with two attached hydrogens (primary N) is 1. The minimum atomic E-state index is -3.02. The fourth-order valence-electron chi connectivity index (χ4n) is 3.84. The first kappa shape index (κ1) is 25.6. The molecule has 1 aliphatic carbocycles. The third-order valence-corrected chi connectivity index (χ3v) is 6.70. The number of aromatic nitrogens is 2. The smallest absolute Gasteiger partial charge is 0.461 e. The number of anilines is 1. The maximum Gasteiger partial charge on any atom is 0.614 e. The molecule has 5 N–H and O–H groups in total. The standard InChI is InChI=1S/C19H28FN4O8P/c1-11(14(25)31-12-6-4-3-5-7-12)23-33(29)30-10-19(20)15(26)18(2,28)16(32-19)24-9-8-13(21)22-17(24)27/h8-9,11-12,15-16,26,28H,3-7,10H2,1-2H3,(H2-,21,22,23,27,29)/p+1/t11-,15-,16+,18+,19+/m0/s1. The van der Waals surface area contributed by atoms with Gasteiger partial charge in [0.1, 0.15) is 29.7 Å². The van der Waals surface area contributed by atoms with Crippen molar-refractivity contribution in [2.24, 2.45) is 0 Å². The summed E-state index contributed by atoms with van der Waals surface area (Å²) in [7, 11) is -2.76. The van der Waals surface area contributed by atoms with Gasteiger partial charge in [0.25, 0.3) is 5.85 Å². The zero-order valence-corrected chi connectivity index (χ0v) is 19.2. The van der Waals surface area contributed by atoms with Crippen LogP contribution in [0.1, 0.15) is 52.2 Å². The number of aliphatic hydroxyl groups is 2. The van der Waals surface area contributed by atoms with Crippen molar-refractivity contribution in [3.05, 3.63) is 22.7 Å². The first-order valence-corrected chi connectivity index (χ1v) is 11.8. The van der Waals surface area contributed by atoms with Crippen molar-refractivity contribution in [2.45, 2.75) is 81.9 Å². The first-order valence-electron chi connectivity index (χ1n) is 10.6. The van der Waals surface area contributed by atoms with Crippen LogP contribution >= 0.6 is 8.18 Å². The van der Waals surface area contributed by atoms with Crippen molar-refractivity contribution in [2.75, 3.05) is 12.3 Å². The van der Waals surface area contributed by atoms with Gasteiger partial charge < -0.3 is 25.4 Å². The van der Waals surface area contributed by atoms with Gasteiger partial charge in [-0.05, 0) is 50.2 Å². The monoisotopic (exact) mass is 491 g/mol. The van der Waals surface area contributed by atoms with E-state index in [1.165, 1.54) is 13.0 Å². The molecule has 33 heavy (non-hydrogen) atoms. The number of rotatable bonds is 8. The van der Waals surface area contributed by atoms with Crippen LogP contribution in [0.25, 0.3) is 0 Å². The molecule has 1 aliphatic heterocycles. The number of aliphatic hydroxyl groups excluding tert-OH is 1. The molecule has 1 saturated carbocycles. The van der Waals surface area contributed by atoms with Crippen LogP contribution < -0.4 is 16.5 Å². The first-order chi connectivity index (χ1) is 15.4. The summed E-state index contributed by atoms with van der Waals surface area (Å²) < 4.78 is 43.8. The molecule has 0 aromatic carbocycles. The van der Waals surface area contributed by atoms with Gasteiger partial charge in [0.2, 0.25) is 0 Å². The summed E-state index contributed by atoms with van der Waals surface area (Å²) in [5.74, 6) is -3.73. The van der Waals surface area contributed by atoms with E-state index >= 15 is 4.39 Å². The van der Waals surface area contributed by atoms with Gasteiger partial charge in [-0.15, -0.1) is 4.52 Å². The van der Waals surface area contributed by atoms with Crippen molar-refractivity contribution < 1.29 is 38.0 Å². The molecule has 2 fully saturated rings. The minimum Gasteiger partial charge on any atom is -0.461 e. The number of carbonyl (C=O) groups is 1. The Morgan fingerprint density at radius 3 is 2.79 bits per heavy atom. The lowest BCUT2D eigenvalue weighted by Gasteiger charge is -2.27. The van der Waals surface area contributed by atoms with E-state index < -0.39 is 56.3 Å². The van der Waals surface area contributed by atoms with Crippen LogP contribution in [0.4, 0.5) is 10.2 Å². The lowest BCUT2D eigenvalue weighted by molar-refractivity contribution is -0.202. The molecule has 0 radical (unpaired) electrons. The summed E-state index contributed by atoms with van der Waals surface area (Å²) >= 11 is 0. The van der Waals surface area contributed by atoms with E-state index in [-0.39, 0.29) is 11.9 Å². The van der Waals surface area contributed by atoms with E-state index in [0.717, 1.165) is 49.8 Å². The van der Waals surface area contributed by atoms with E-state index in [1.54, 1.807) is 0 Å². The molecule has 3 rings (SSSR count). The molecule has 0 amide bonds. The van der Waals surface area contributed by atoms with Crippen molar-refractivity contribution >= 4 is 20.0 Å². The SMILES string of the molecule is C[C@H](N[P+](=O)OC[C@@]1(F)O[C@@H](n2ccc(N)nc2=O)[C@](C)(O)[C@@H]1O)C(=O)OC1CCCCC1. The second kappa shape index (κ2) is 10.1. The van der Waals surface area contributed by atoms with Crippen LogP contribution in [0.15, 0.2) is 17.1 Å². The number of halogens is 1. The average Bonchev–Trinajstić information content (AvgIpc) is 2.93. The summed E-state index contributed by atoms with van der Waals surface area (Å²) in [6.07, 6.45) is 1.69. The van der Waals surface area contributed by atoms with Crippen LogP contribution in [-0.2, 0) is 23.4 Å². The van der Waals surface area contributed by atoms with Gasteiger partial charge in [0.15, 0.2) is 12.8 Å². The highest BCUT2D eigenvalue weighted by Crippen LogP contribution is 2.45. The number of hydrogen-bond acceptors (Lipinski definition) is 10. The van der Waals surface area contributed by atoms with Gasteiger partial charge in [-0.25, -0.2) is 9.18 Å². The molecular formula is C19H29FN4O8P+. The highest BCUT2D eigenvalue weighted by molar-refractivity contribution is 7.36. The van der Waals surface area contributed by atoms with Gasteiger partial charge in [-0.3, -0.25) is 9.36 Å². The number of carbonyl (C=O) groups excluding carboxylic acids is 1. The molecule has 2 heterocycles. The lowest BCUT2D eigenvalue weighted by Crippen LogP contribution is -2.49. The topological polar surface area (TPSA) is 175 Å². The van der Waals surface area contributed by atoms with Crippen LogP contribution in [-0.4, -0.2) is 62.0 Å². The third-order valence-electron chi connectivity index (χ3n) is 5.74. The van der Waals surface area contributed by atoms with Crippen LogP contribution in [0.5, 0.6) is 0 Å². The second-order valence-corrected chi connectivity index (χ2v) is 9.54. The Bertz CT molecular complexity index is 941. The predicted octanol–water partition coefficient (Wildman–Crippen LogP) is 0.660. The summed E-state index contributed by atoms with van der Waals surface area (Å²) in [5.41, 5.74) is 2.22. The Labute approximate surface area is 190 Å². The quantitative estimate of drug-likeness (QED) is 0.297. The van der Waals surface area contributed by atoms with Gasteiger partial charge in [0.05, 0.1) is 0 Å². The van der Waals surface area contributed by atoms with Crippen molar-refractivity contribution in [1.82, 2.24) is 14.6 Å². The molecule has 2 aliphatic rings. The van der Waals surface area contributed by atoms with E-state index in [4.69, 9.17) is 19.7 Å². The second-order valence-electron chi connectivity index (χ2n) is 8.51. The molecule has 6 atom stereocenters. The average molecular weight is 491 g/mol. The van der Waals surface area contributed by atoms with E-state index in [9.17, 15) is 24.4 Å². The molecule has 12 nitrogen and oxygen atoms in total. The Balaban J connectivity index is 1.58. The zero-order chi connectivity index (χ0) is 24.4. The molecule has 14 heteroatoms. The minimum absolute atomic E-state index is 0.0940. The number of nitrogens with one attached hydrogen (secondary N) is 1. The number of ether oxygens (including phenoxy) is 2. The molecule has 1 unspecified atom stereocenters. The molecule has 0 bridgehead atoms. The third kappa shape index (κ3) is 5.73. The number of hydrogen-bond donors (Lipinski definition) is 4. The maximum atomic E-state index is 15.3. The fraction of sp³-hybridized carbons (Fsp3) is 0.737. The number of nitrogen functional groups attached to an aromatic ring is 1. The molecule has 1 saturated heterocycles. The molecule has 0 spiro atoms. The van der Waals surface area contributed by atoms with Crippen molar-refractivity contribution in [3.8, 4) is 0 Å². The Morgan fingerprint density at radius 1 is 1.48 bits per heavy atom. The predicted molar refractivity (Wildman–Crippen MR) is 113 cm³/mol. The number of alkyl halides is 1. The van der Waals surface area contributed by atoms with Crippen LogP contribution in [0.3, 0.4) is 0 Å². The molecule has 1 aromatic heterocycles. The van der Waals surface area contributed by atoms with E-state index in [1.807, 2.05) is 0 Å². The van der Waals surface area contributed by atoms with E-state index in [0.29, 0.717) is 0 Å². The number of nitrogens with zero attached hydrogens (tertiary/aromatic N) is 2. The van der Waals surface area contributed by atoms with Crippen LogP contribution in [0, 0.1) is 0 Å². The molecule has 184 valence electrons. The van der Waals surface area contributed by atoms with Crippen molar-refractivity contribution in [3.63, 3.8) is 0 Å². The maximum absolute atomic E-state index is 15.3. The highest BCUT2D eigenvalue weighted by atomic mass is 31.1. The van der Waals surface area contributed by atoms with Gasteiger partial charge in [0, 0.05) is 6.20 Å². The molecular weight excluding hydrogens is 462 g/mol. The summed E-state index contributed by atoms with van der Waals surface area (Å²) in [6, 6.07) is 0.243. The fourth-order valence-corrected chi connectivity index (χ4v) is 4.63. The van der Waals surface area contributed by atoms with Crippen LogP contribution in [0.2, 0.25) is 0 Å².